The number of aromatic nitrogens is 6. The van der Waals surface area contributed by atoms with E-state index in [-0.39, 0.29) is 18.0 Å². The topological polar surface area (TPSA) is 128 Å². The van der Waals surface area contributed by atoms with Crippen molar-refractivity contribution in [2.24, 2.45) is 0 Å². The number of methoxy groups -OCH3 is 1. The first-order chi connectivity index (χ1) is 16.1. The normalized spacial score (nSPS) is 17.9. The lowest BCUT2D eigenvalue weighted by molar-refractivity contribution is -0.127. The fourth-order valence-electron chi connectivity index (χ4n) is 4.29. The third-order valence-corrected chi connectivity index (χ3v) is 5.82. The molecule has 0 radical (unpaired) electrons. The zero-order valence-corrected chi connectivity index (χ0v) is 18.0. The van der Waals surface area contributed by atoms with E-state index in [9.17, 15) is 4.79 Å². The molecule has 3 N–H and O–H groups in total. The molecule has 0 spiro atoms. The van der Waals surface area contributed by atoms with Crippen molar-refractivity contribution in [1.29, 1.82) is 0 Å². The van der Waals surface area contributed by atoms with Crippen LogP contribution in [0.1, 0.15) is 23.7 Å². The Morgan fingerprint density at radius 1 is 1.36 bits per heavy atom. The number of carbonyl (C=O) groups excluding carboxylic acids is 1. The molecule has 4 aromatic rings. The van der Waals surface area contributed by atoms with Crippen LogP contribution >= 0.6 is 0 Å². The minimum absolute atomic E-state index is 0.0842. The number of fused-ring (bicyclic) bond motifs is 2. The SMILES string of the molecule is C=CC(=O)N1CC(n2nc(C#Cc3ccc4[nH]cnc4c3)c3c(N)ncnc32)C[C@@H]1COC. The van der Waals surface area contributed by atoms with E-state index in [1.54, 1.807) is 23.0 Å². The zero-order chi connectivity index (χ0) is 22.9. The average Bonchev–Trinajstić information content (AvgIpc) is 3.54. The van der Waals surface area contributed by atoms with Crippen molar-refractivity contribution < 1.29 is 9.53 Å². The second kappa shape index (κ2) is 8.37. The standard InChI is InChI=1S/C23H22N8O2/c1-3-20(32)30-10-15(9-16(30)11-33-2)31-23-21(22(24)27-13-28-23)18(29-31)7-5-14-4-6-17-19(8-14)26-12-25-17/h3-4,6,8,12-13,15-16H,1,9-11H2,2H3,(H,25,26)(H2,24,27,28)/t15?,16-/m1/s1. The van der Waals surface area contributed by atoms with E-state index in [0.717, 1.165) is 16.6 Å². The molecule has 0 bridgehead atoms. The van der Waals surface area contributed by atoms with Crippen LogP contribution in [0.2, 0.25) is 0 Å². The lowest BCUT2D eigenvalue weighted by Gasteiger charge is -2.22. The molecule has 4 heterocycles. The van der Waals surface area contributed by atoms with Gasteiger partial charge in [0.1, 0.15) is 17.8 Å². The number of nitrogens with two attached hydrogens (primary N) is 1. The molecule has 1 aliphatic heterocycles. The molecular formula is C23H22N8O2. The van der Waals surface area contributed by atoms with E-state index in [1.807, 2.05) is 18.2 Å². The Kier molecular flexibility index (Phi) is 5.24. The molecule has 10 heteroatoms. The Labute approximate surface area is 189 Å². The predicted octanol–water partition coefficient (Wildman–Crippen LogP) is 1.66. The molecule has 1 aromatic carbocycles. The maximum atomic E-state index is 12.4. The van der Waals surface area contributed by atoms with Gasteiger partial charge in [0.15, 0.2) is 5.65 Å². The number of amides is 1. The second-order valence-electron chi connectivity index (χ2n) is 7.83. The van der Waals surface area contributed by atoms with Gasteiger partial charge < -0.3 is 20.4 Å². The molecule has 1 fully saturated rings. The molecule has 2 atom stereocenters. The van der Waals surface area contributed by atoms with Crippen molar-refractivity contribution in [2.45, 2.75) is 18.5 Å². The fraction of sp³-hybridized carbons (Fsp3) is 0.261. The number of hydrogen-bond donors (Lipinski definition) is 2. The molecule has 1 aliphatic rings. The lowest BCUT2D eigenvalue weighted by atomic mass is 10.2. The van der Waals surface area contributed by atoms with Gasteiger partial charge in [-0.2, -0.15) is 5.10 Å². The molecule has 0 saturated carbocycles. The van der Waals surface area contributed by atoms with Crippen LogP contribution in [0.4, 0.5) is 5.82 Å². The van der Waals surface area contributed by atoms with E-state index >= 15 is 0 Å². The van der Waals surface area contributed by atoms with E-state index < -0.39 is 0 Å². The summed E-state index contributed by atoms with van der Waals surface area (Å²) in [5.41, 5.74) is 9.84. The van der Waals surface area contributed by atoms with Gasteiger partial charge in [0.25, 0.3) is 0 Å². The highest BCUT2D eigenvalue weighted by atomic mass is 16.5. The Morgan fingerprint density at radius 3 is 3.06 bits per heavy atom. The number of likely N-dealkylation sites (tertiary alicyclic amines) is 1. The van der Waals surface area contributed by atoms with Crippen LogP contribution < -0.4 is 5.73 Å². The molecule has 1 amide bonds. The molecule has 1 unspecified atom stereocenters. The monoisotopic (exact) mass is 442 g/mol. The van der Waals surface area contributed by atoms with Gasteiger partial charge in [-0.15, -0.1) is 0 Å². The van der Waals surface area contributed by atoms with Crippen molar-refractivity contribution in [3.8, 4) is 11.8 Å². The molecule has 1 saturated heterocycles. The molecule has 5 rings (SSSR count). The predicted molar refractivity (Wildman–Crippen MR) is 123 cm³/mol. The van der Waals surface area contributed by atoms with Crippen LogP contribution in [-0.4, -0.2) is 66.8 Å². The summed E-state index contributed by atoms with van der Waals surface area (Å²) in [6.45, 7) is 4.50. The van der Waals surface area contributed by atoms with Gasteiger partial charge in [0.2, 0.25) is 5.91 Å². The number of rotatable bonds is 4. The molecule has 10 nitrogen and oxygen atoms in total. The number of hydrogen-bond acceptors (Lipinski definition) is 7. The molecule has 166 valence electrons. The number of benzene rings is 1. The summed E-state index contributed by atoms with van der Waals surface area (Å²) in [5, 5.41) is 5.35. The van der Waals surface area contributed by atoms with E-state index in [1.165, 1.54) is 12.4 Å². The third-order valence-electron chi connectivity index (χ3n) is 5.82. The van der Waals surface area contributed by atoms with Crippen molar-refractivity contribution in [2.75, 3.05) is 26.0 Å². The number of nitrogens with zero attached hydrogens (tertiary/aromatic N) is 6. The third kappa shape index (κ3) is 3.68. The van der Waals surface area contributed by atoms with Crippen LogP contribution in [0.25, 0.3) is 22.1 Å². The first kappa shape index (κ1) is 20.7. The van der Waals surface area contributed by atoms with Crippen molar-refractivity contribution >= 4 is 33.8 Å². The number of nitrogen functional groups attached to an aromatic ring is 1. The number of ether oxygens (including phenoxy) is 1. The van der Waals surface area contributed by atoms with Crippen LogP contribution in [0.5, 0.6) is 0 Å². The smallest absolute Gasteiger partial charge is 0.246 e. The fourth-order valence-corrected chi connectivity index (χ4v) is 4.29. The van der Waals surface area contributed by atoms with Gasteiger partial charge in [-0.25, -0.2) is 19.6 Å². The average molecular weight is 442 g/mol. The van der Waals surface area contributed by atoms with Gasteiger partial charge in [0.05, 0.1) is 41.4 Å². The number of H-pyrrole nitrogens is 1. The minimum Gasteiger partial charge on any atom is -0.383 e. The summed E-state index contributed by atoms with van der Waals surface area (Å²) < 4.78 is 7.12. The van der Waals surface area contributed by atoms with Gasteiger partial charge in [-0.05, 0) is 36.6 Å². The Balaban J connectivity index is 1.55. The highest BCUT2D eigenvalue weighted by molar-refractivity contribution is 5.91. The van der Waals surface area contributed by atoms with Gasteiger partial charge in [0, 0.05) is 19.2 Å². The number of nitrogens with one attached hydrogen (secondary N) is 1. The van der Waals surface area contributed by atoms with Gasteiger partial charge in [-0.3, -0.25) is 4.79 Å². The van der Waals surface area contributed by atoms with Crippen molar-refractivity contribution in [1.82, 2.24) is 34.6 Å². The quantitative estimate of drug-likeness (QED) is 0.363. The Morgan fingerprint density at radius 2 is 2.24 bits per heavy atom. The number of imidazole rings is 1. The van der Waals surface area contributed by atoms with Crippen molar-refractivity contribution in [3.05, 3.63) is 54.8 Å². The summed E-state index contributed by atoms with van der Waals surface area (Å²) in [5.74, 6) is 6.44. The van der Waals surface area contributed by atoms with E-state index in [2.05, 4.69) is 38.4 Å². The largest absolute Gasteiger partial charge is 0.383 e. The Hall–Kier alpha value is -4.23. The van der Waals surface area contributed by atoms with E-state index in [0.29, 0.717) is 42.1 Å². The minimum atomic E-state index is -0.140. The van der Waals surface area contributed by atoms with Crippen LogP contribution in [-0.2, 0) is 9.53 Å². The lowest BCUT2D eigenvalue weighted by Crippen LogP contribution is -2.37. The van der Waals surface area contributed by atoms with Crippen LogP contribution in [0.3, 0.4) is 0 Å². The second-order valence-corrected chi connectivity index (χ2v) is 7.83. The maximum absolute atomic E-state index is 12.4. The molecule has 33 heavy (non-hydrogen) atoms. The number of aromatic amines is 1. The molecular weight excluding hydrogens is 420 g/mol. The van der Waals surface area contributed by atoms with Crippen LogP contribution in [0.15, 0.2) is 43.5 Å². The van der Waals surface area contributed by atoms with Crippen molar-refractivity contribution in [3.63, 3.8) is 0 Å². The summed E-state index contributed by atoms with van der Waals surface area (Å²) in [6, 6.07) is 5.56. The molecule has 0 aliphatic carbocycles. The zero-order valence-electron chi connectivity index (χ0n) is 18.0. The van der Waals surface area contributed by atoms with Gasteiger partial charge >= 0.3 is 0 Å². The summed E-state index contributed by atoms with van der Waals surface area (Å²) >= 11 is 0. The number of carbonyl (C=O) groups is 1. The highest BCUT2D eigenvalue weighted by Gasteiger charge is 2.37. The highest BCUT2D eigenvalue weighted by Crippen LogP contribution is 2.32. The number of anilines is 1. The van der Waals surface area contributed by atoms with Gasteiger partial charge in [-0.1, -0.05) is 12.5 Å². The van der Waals surface area contributed by atoms with Crippen LogP contribution in [0, 0.1) is 11.8 Å². The Bertz CT molecular complexity index is 1430. The first-order valence-electron chi connectivity index (χ1n) is 10.4. The van der Waals surface area contributed by atoms with E-state index in [4.69, 9.17) is 15.6 Å². The summed E-state index contributed by atoms with van der Waals surface area (Å²) in [4.78, 5) is 30.0. The molecule has 3 aromatic heterocycles. The summed E-state index contributed by atoms with van der Waals surface area (Å²) in [7, 11) is 1.62. The maximum Gasteiger partial charge on any atom is 0.246 e. The summed E-state index contributed by atoms with van der Waals surface area (Å²) in [6.07, 6.45) is 5.04. The first-order valence-corrected chi connectivity index (χ1v) is 10.4.